The number of carbonyl (C=O) groups excluding carboxylic acids is 1. The minimum Gasteiger partial charge on any atom is -0.505 e. The number of fused-ring (bicyclic) bond motifs is 1. The van der Waals surface area contributed by atoms with Crippen LogP contribution in [0.4, 0.5) is 5.69 Å². The van der Waals surface area contributed by atoms with Gasteiger partial charge >= 0.3 is 0 Å². The number of nitrogens with one attached hydrogen (secondary N) is 1. The van der Waals surface area contributed by atoms with Crippen LogP contribution in [-0.2, 0) is 0 Å². The van der Waals surface area contributed by atoms with E-state index < -0.39 is 11.8 Å². The molecule has 1 amide bonds. The lowest BCUT2D eigenvalue weighted by molar-refractivity contribution is 0.102. The average molecular weight is 316 g/mol. The molecule has 3 aromatic rings. The highest BCUT2D eigenvalue weighted by Crippen LogP contribution is 2.40. The predicted molar refractivity (Wildman–Crippen MR) is 82.3 cm³/mol. The molecule has 6 nitrogen and oxygen atoms in total. The quantitative estimate of drug-likeness (QED) is 0.675. The second kappa shape index (κ2) is 5.50. The summed E-state index contributed by atoms with van der Waals surface area (Å²) in [6.45, 7) is 0. The molecule has 2 heterocycles. The first-order valence-electron chi connectivity index (χ1n) is 6.29. The van der Waals surface area contributed by atoms with Gasteiger partial charge in [0.05, 0.1) is 15.9 Å². The summed E-state index contributed by atoms with van der Waals surface area (Å²) in [7, 11) is 0. The van der Waals surface area contributed by atoms with E-state index in [1.807, 2.05) is 0 Å². The number of aromatic nitrogens is 2. The monoisotopic (exact) mass is 315 g/mol. The predicted octanol–water partition coefficient (Wildman–Crippen LogP) is 2.95. The molecule has 0 saturated heterocycles. The maximum Gasteiger partial charge on any atom is 0.256 e. The molecule has 0 fully saturated rings. The minimum atomic E-state index is -0.513. The van der Waals surface area contributed by atoms with E-state index in [4.69, 9.17) is 11.6 Å². The van der Waals surface area contributed by atoms with Crippen LogP contribution in [0.2, 0.25) is 5.02 Å². The van der Waals surface area contributed by atoms with Gasteiger partial charge in [0.1, 0.15) is 5.69 Å². The second-order valence-corrected chi connectivity index (χ2v) is 4.89. The standard InChI is InChI=1S/C15H10ClN3O3/c16-9-2-1-3-10-11(9)13(20)12(15(22)18-10)19-14(21)8-4-6-17-7-5-8/h1-7H,(H,19,21)(H2,18,20,22). The Kier molecular flexibility index (Phi) is 3.52. The van der Waals surface area contributed by atoms with Crippen LogP contribution < -0.4 is 5.32 Å². The molecule has 22 heavy (non-hydrogen) atoms. The number of aromatic hydroxyl groups is 2. The van der Waals surface area contributed by atoms with Crippen molar-refractivity contribution in [3.05, 3.63) is 53.3 Å². The lowest BCUT2D eigenvalue weighted by atomic mass is 10.1. The van der Waals surface area contributed by atoms with Gasteiger partial charge in [0, 0.05) is 18.0 Å². The first-order valence-corrected chi connectivity index (χ1v) is 6.67. The van der Waals surface area contributed by atoms with E-state index in [-0.39, 0.29) is 21.8 Å². The van der Waals surface area contributed by atoms with Crippen molar-refractivity contribution < 1.29 is 15.0 Å². The molecular formula is C15H10ClN3O3. The number of halogens is 1. The Morgan fingerprint density at radius 2 is 1.86 bits per heavy atom. The molecule has 7 heteroatoms. The fraction of sp³-hybridized carbons (Fsp3) is 0. The first-order chi connectivity index (χ1) is 10.6. The number of benzene rings is 1. The third kappa shape index (κ3) is 2.40. The number of hydrogen-bond acceptors (Lipinski definition) is 5. The molecule has 0 aliphatic carbocycles. The molecule has 3 N–H and O–H groups in total. The van der Waals surface area contributed by atoms with Gasteiger partial charge in [0.2, 0.25) is 5.88 Å². The molecule has 0 spiro atoms. The van der Waals surface area contributed by atoms with Crippen molar-refractivity contribution >= 4 is 34.1 Å². The first kappa shape index (κ1) is 14.1. The molecule has 110 valence electrons. The number of anilines is 1. The molecule has 0 saturated carbocycles. The molecule has 0 aliphatic heterocycles. The maximum atomic E-state index is 12.1. The van der Waals surface area contributed by atoms with Crippen LogP contribution in [0, 0.1) is 0 Å². The number of nitrogens with zero attached hydrogens (tertiary/aromatic N) is 2. The van der Waals surface area contributed by atoms with Gasteiger partial charge in [-0.25, -0.2) is 4.98 Å². The summed E-state index contributed by atoms with van der Waals surface area (Å²) in [6.07, 6.45) is 2.92. The van der Waals surface area contributed by atoms with E-state index in [1.54, 1.807) is 18.2 Å². The van der Waals surface area contributed by atoms with Crippen molar-refractivity contribution in [2.24, 2.45) is 0 Å². The van der Waals surface area contributed by atoms with Crippen molar-refractivity contribution in [2.45, 2.75) is 0 Å². The average Bonchev–Trinajstić information content (AvgIpc) is 2.52. The molecule has 0 aliphatic rings. The summed E-state index contributed by atoms with van der Waals surface area (Å²) in [5.41, 5.74) is 0.458. The van der Waals surface area contributed by atoms with Crippen LogP contribution in [0.25, 0.3) is 10.9 Å². The van der Waals surface area contributed by atoms with Gasteiger partial charge in [-0.15, -0.1) is 0 Å². The third-order valence-corrected chi connectivity index (χ3v) is 3.41. The molecule has 0 unspecified atom stereocenters. The normalized spacial score (nSPS) is 10.6. The van der Waals surface area contributed by atoms with Crippen molar-refractivity contribution in [3.63, 3.8) is 0 Å². The van der Waals surface area contributed by atoms with Gasteiger partial charge < -0.3 is 15.5 Å². The lowest BCUT2D eigenvalue weighted by Gasteiger charge is -2.11. The maximum absolute atomic E-state index is 12.1. The fourth-order valence-electron chi connectivity index (χ4n) is 2.05. The second-order valence-electron chi connectivity index (χ2n) is 4.48. The molecular weight excluding hydrogens is 306 g/mol. The zero-order valence-electron chi connectivity index (χ0n) is 11.1. The zero-order chi connectivity index (χ0) is 15.7. The van der Waals surface area contributed by atoms with Crippen LogP contribution in [0.5, 0.6) is 11.6 Å². The summed E-state index contributed by atoms with van der Waals surface area (Å²) in [5, 5.41) is 23.2. The highest BCUT2D eigenvalue weighted by atomic mass is 35.5. The van der Waals surface area contributed by atoms with E-state index >= 15 is 0 Å². The molecule has 0 radical (unpaired) electrons. The Morgan fingerprint density at radius 1 is 1.14 bits per heavy atom. The van der Waals surface area contributed by atoms with Crippen LogP contribution >= 0.6 is 11.6 Å². The topological polar surface area (TPSA) is 95.3 Å². The molecule has 3 rings (SSSR count). The number of hydrogen-bond donors (Lipinski definition) is 3. The van der Waals surface area contributed by atoms with E-state index in [0.717, 1.165) is 0 Å². The van der Waals surface area contributed by atoms with Gasteiger partial charge in [-0.3, -0.25) is 9.78 Å². The smallest absolute Gasteiger partial charge is 0.256 e. The highest BCUT2D eigenvalue weighted by molar-refractivity contribution is 6.36. The Hall–Kier alpha value is -2.86. The van der Waals surface area contributed by atoms with Crippen molar-refractivity contribution in [1.29, 1.82) is 0 Å². The zero-order valence-corrected chi connectivity index (χ0v) is 11.9. The molecule has 1 aromatic carbocycles. The van der Waals surface area contributed by atoms with Crippen LogP contribution in [0.1, 0.15) is 10.4 Å². The summed E-state index contributed by atoms with van der Waals surface area (Å²) in [6, 6.07) is 7.83. The molecule has 0 bridgehead atoms. The van der Waals surface area contributed by atoms with Gasteiger partial charge in [0.15, 0.2) is 5.75 Å². The molecule has 0 atom stereocenters. The van der Waals surface area contributed by atoms with Crippen molar-refractivity contribution in [2.75, 3.05) is 5.32 Å². The summed E-state index contributed by atoms with van der Waals surface area (Å²) >= 11 is 6.04. The number of rotatable bonds is 2. The van der Waals surface area contributed by atoms with Crippen molar-refractivity contribution in [1.82, 2.24) is 9.97 Å². The largest absolute Gasteiger partial charge is 0.505 e. The fourth-order valence-corrected chi connectivity index (χ4v) is 2.30. The summed E-state index contributed by atoms with van der Waals surface area (Å²) < 4.78 is 0. The third-order valence-electron chi connectivity index (χ3n) is 3.10. The Balaban J connectivity index is 2.08. The summed E-state index contributed by atoms with van der Waals surface area (Å²) in [5.74, 6) is -1.34. The van der Waals surface area contributed by atoms with Gasteiger partial charge in [-0.05, 0) is 24.3 Å². The van der Waals surface area contributed by atoms with Crippen LogP contribution in [-0.4, -0.2) is 26.1 Å². The number of carbonyl (C=O) groups is 1. The minimum absolute atomic E-state index is 0.192. The van der Waals surface area contributed by atoms with Gasteiger partial charge in [0.25, 0.3) is 5.91 Å². The SMILES string of the molecule is O=C(Nc1c(O)nc2cccc(Cl)c2c1O)c1ccncc1. The Bertz CT molecular complexity index is 869. The van der Waals surface area contributed by atoms with Gasteiger partial charge in [-0.1, -0.05) is 17.7 Å². The Morgan fingerprint density at radius 3 is 2.59 bits per heavy atom. The van der Waals surface area contributed by atoms with E-state index in [9.17, 15) is 15.0 Å². The van der Waals surface area contributed by atoms with Crippen molar-refractivity contribution in [3.8, 4) is 11.6 Å². The highest BCUT2D eigenvalue weighted by Gasteiger charge is 2.18. The number of amides is 1. The molecule has 2 aromatic heterocycles. The van der Waals surface area contributed by atoms with Crippen LogP contribution in [0.15, 0.2) is 42.7 Å². The number of pyridine rings is 2. The van der Waals surface area contributed by atoms with E-state index in [2.05, 4.69) is 15.3 Å². The van der Waals surface area contributed by atoms with E-state index in [0.29, 0.717) is 11.1 Å². The van der Waals surface area contributed by atoms with E-state index in [1.165, 1.54) is 24.5 Å². The lowest BCUT2D eigenvalue weighted by Crippen LogP contribution is -2.12. The Labute approximate surface area is 130 Å². The van der Waals surface area contributed by atoms with Gasteiger partial charge in [-0.2, -0.15) is 0 Å². The van der Waals surface area contributed by atoms with Crippen LogP contribution in [0.3, 0.4) is 0 Å². The summed E-state index contributed by atoms with van der Waals surface area (Å²) in [4.78, 5) is 19.9.